The zero-order valence-electron chi connectivity index (χ0n) is 25.4. The van der Waals surface area contributed by atoms with Crippen molar-refractivity contribution < 1.29 is 23.8 Å². The van der Waals surface area contributed by atoms with Crippen LogP contribution in [-0.2, 0) is 27.1 Å². The Labute approximate surface area is 259 Å². The van der Waals surface area contributed by atoms with Crippen LogP contribution in [0.15, 0.2) is 24.7 Å². The van der Waals surface area contributed by atoms with E-state index in [1.54, 1.807) is 28.8 Å². The summed E-state index contributed by atoms with van der Waals surface area (Å²) >= 11 is 1.65. The minimum absolute atomic E-state index is 0.0355. The molecule has 0 unspecified atom stereocenters. The van der Waals surface area contributed by atoms with E-state index >= 15 is 0 Å². The van der Waals surface area contributed by atoms with Gasteiger partial charge in [0, 0.05) is 28.8 Å². The van der Waals surface area contributed by atoms with Gasteiger partial charge in [0.15, 0.2) is 0 Å². The van der Waals surface area contributed by atoms with Gasteiger partial charge in [0.25, 0.3) is 0 Å². The van der Waals surface area contributed by atoms with Gasteiger partial charge in [-0.25, -0.2) is 14.8 Å². The minimum Gasteiger partial charge on any atom is -0.484 e. The van der Waals surface area contributed by atoms with Crippen molar-refractivity contribution in [2.24, 2.45) is 5.92 Å². The zero-order valence-corrected chi connectivity index (χ0v) is 26.2. The Morgan fingerprint density at radius 3 is 2.84 bits per heavy atom. The number of rotatable bonds is 5. The summed E-state index contributed by atoms with van der Waals surface area (Å²) in [5, 5.41) is 12.7. The summed E-state index contributed by atoms with van der Waals surface area (Å²) < 4.78 is 17.4. The molecule has 0 radical (unpaired) electrons. The molecule has 13 heteroatoms. The SMILES string of the molecule is C[C@H]1COCCN1C(=O)[C@H]1CCc2c(sc3ncnc(Nc4cc5cn[nH]c5cc4OC4CN(C(=O)OC(C)(C)C)C4)c23)C1. The molecule has 0 bridgehead atoms. The fourth-order valence-corrected chi connectivity index (χ4v) is 7.43. The molecule has 3 aromatic heterocycles. The lowest BCUT2D eigenvalue weighted by atomic mass is 9.86. The first kappa shape index (κ1) is 28.8. The van der Waals surface area contributed by atoms with Crippen LogP contribution in [0.3, 0.4) is 0 Å². The monoisotopic (exact) mass is 619 g/mol. The Morgan fingerprint density at radius 2 is 2.05 bits per heavy atom. The fourth-order valence-electron chi connectivity index (χ4n) is 6.17. The summed E-state index contributed by atoms with van der Waals surface area (Å²) in [5.74, 6) is 1.53. The zero-order chi connectivity index (χ0) is 30.6. The predicted octanol–water partition coefficient (Wildman–Crippen LogP) is 4.66. The third-order valence-corrected chi connectivity index (χ3v) is 9.59. The number of aromatic amines is 1. The van der Waals surface area contributed by atoms with Crippen molar-refractivity contribution in [1.29, 1.82) is 0 Å². The van der Waals surface area contributed by atoms with Gasteiger partial charge in [-0.05, 0) is 58.6 Å². The van der Waals surface area contributed by atoms with E-state index in [0.29, 0.717) is 50.8 Å². The highest BCUT2D eigenvalue weighted by molar-refractivity contribution is 7.19. The molecule has 2 fully saturated rings. The number of hydrogen-bond acceptors (Lipinski definition) is 10. The van der Waals surface area contributed by atoms with Crippen molar-refractivity contribution in [3.8, 4) is 5.75 Å². The van der Waals surface area contributed by atoms with Crippen molar-refractivity contribution in [2.45, 2.75) is 64.7 Å². The highest BCUT2D eigenvalue weighted by Crippen LogP contribution is 2.42. The van der Waals surface area contributed by atoms with Gasteiger partial charge in [0.1, 0.15) is 34.4 Å². The van der Waals surface area contributed by atoms with Crippen molar-refractivity contribution >= 4 is 56.0 Å². The van der Waals surface area contributed by atoms with E-state index in [-0.39, 0.29) is 30.1 Å². The normalized spacial score (nSPS) is 20.8. The van der Waals surface area contributed by atoms with E-state index in [2.05, 4.69) is 32.4 Å². The quantitative estimate of drug-likeness (QED) is 0.327. The van der Waals surface area contributed by atoms with Crippen molar-refractivity contribution in [1.82, 2.24) is 30.0 Å². The summed E-state index contributed by atoms with van der Waals surface area (Å²) in [6.45, 7) is 10.3. The molecular formula is C31H37N7O5S. The van der Waals surface area contributed by atoms with Gasteiger partial charge in [-0.3, -0.25) is 9.89 Å². The molecule has 2 N–H and O–H groups in total. The van der Waals surface area contributed by atoms with Gasteiger partial charge < -0.3 is 29.3 Å². The van der Waals surface area contributed by atoms with Crippen LogP contribution in [0.2, 0.25) is 0 Å². The van der Waals surface area contributed by atoms with Gasteiger partial charge in [0.05, 0.1) is 55.1 Å². The lowest BCUT2D eigenvalue weighted by molar-refractivity contribution is -0.143. The van der Waals surface area contributed by atoms with E-state index < -0.39 is 5.60 Å². The van der Waals surface area contributed by atoms with Gasteiger partial charge in [-0.15, -0.1) is 11.3 Å². The van der Waals surface area contributed by atoms with Crippen molar-refractivity contribution in [2.75, 3.05) is 38.2 Å². The second-order valence-electron chi connectivity index (χ2n) is 12.9. The molecule has 5 heterocycles. The van der Waals surface area contributed by atoms with Crippen LogP contribution in [0.1, 0.15) is 44.6 Å². The molecule has 1 aliphatic carbocycles. The average Bonchev–Trinajstić information content (AvgIpc) is 3.57. The summed E-state index contributed by atoms with van der Waals surface area (Å²) in [5.41, 5.74) is 2.26. The van der Waals surface area contributed by atoms with Gasteiger partial charge in [0.2, 0.25) is 5.91 Å². The van der Waals surface area contributed by atoms with Crippen LogP contribution in [0.4, 0.5) is 16.3 Å². The topological polar surface area (TPSA) is 135 Å². The molecule has 12 nitrogen and oxygen atoms in total. The van der Waals surface area contributed by atoms with Crippen LogP contribution in [0.25, 0.3) is 21.1 Å². The van der Waals surface area contributed by atoms with Gasteiger partial charge >= 0.3 is 6.09 Å². The highest BCUT2D eigenvalue weighted by Gasteiger charge is 2.36. The molecule has 0 spiro atoms. The van der Waals surface area contributed by atoms with Crippen LogP contribution in [-0.4, -0.2) is 92.6 Å². The maximum atomic E-state index is 13.4. The van der Waals surface area contributed by atoms with Crippen LogP contribution in [0, 0.1) is 5.92 Å². The number of hydrogen-bond donors (Lipinski definition) is 2. The maximum Gasteiger partial charge on any atom is 0.410 e. The number of H-pyrrole nitrogens is 1. The second kappa shape index (κ2) is 11.2. The second-order valence-corrected chi connectivity index (χ2v) is 13.9. The van der Waals surface area contributed by atoms with E-state index in [9.17, 15) is 9.59 Å². The van der Waals surface area contributed by atoms with Crippen molar-refractivity contribution in [3.63, 3.8) is 0 Å². The van der Waals surface area contributed by atoms with E-state index in [0.717, 1.165) is 39.6 Å². The lowest BCUT2D eigenvalue weighted by Crippen LogP contribution is -2.57. The van der Waals surface area contributed by atoms with Crippen LogP contribution in [0.5, 0.6) is 5.75 Å². The fraction of sp³-hybridized carbons (Fsp3) is 0.516. The van der Waals surface area contributed by atoms with E-state index in [1.807, 2.05) is 37.8 Å². The number of nitrogens with one attached hydrogen (secondary N) is 2. The minimum atomic E-state index is -0.548. The number of likely N-dealkylation sites (tertiary alicyclic amines) is 1. The molecular weight excluding hydrogens is 582 g/mol. The molecule has 2 aliphatic heterocycles. The molecule has 3 aliphatic rings. The first-order valence-corrected chi connectivity index (χ1v) is 16.0. The summed E-state index contributed by atoms with van der Waals surface area (Å²) in [6, 6.07) is 4.01. The molecule has 7 rings (SSSR count). The van der Waals surface area contributed by atoms with Crippen molar-refractivity contribution in [3.05, 3.63) is 35.1 Å². The molecule has 0 saturated carbocycles. The average molecular weight is 620 g/mol. The third kappa shape index (κ3) is 5.54. The Hall–Kier alpha value is -3.97. The lowest BCUT2D eigenvalue weighted by Gasteiger charge is -2.39. The number of morpholine rings is 1. The molecule has 2 atom stereocenters. The number of amides is 2. The summed E-state index contributed by atoms with van der Waals surface area (Å²) in [4.78, 5) is 40.9. The number of benzene rings is 1. The van der Waals surface area contributed by atoms with Crippen LogP contribution < -0.4 is 10.1 Å². The Bertz CT molecular complexity index is 1720. The highest BCUT2D eigenvalue weighted by atomic mass is 32.1. The number of fused-ring (bicyclic) bond motifs is 4. The number of ether oxygens (including phenoxy) is 3. The number of aromatic nitrogens is 4. The smallest absolute Gasteiger partial charge is 0.410 e. The first-order valence-electron chi connectivity index (χ1n) is 15.1. The summed E-state index contributed by atoms with van der Waals surface area (Å²) in [6.07, 6.45) is 5.13. The van der Waals surface area contributed by atoms with Gasteiger partial charge in [-0.1, -0.05) is 0 Å². The largest absolute Gasteiger partial charge is 0.484 e. The number of aryl methyl sites for hydroxylation is 1. The number of thiophene rings is 1. The summed E-state index contributed by atoms with van der Waals surface area (Å²) in [7, 11) is 0. The standard InChI is InChI=1S/C31H37N7O5S/c1-17-15-41-8-7-38(17)29(39)18-5-6-21-25(10-18)44-28-26(21)27(32-16-33-28)35-23-9-19-12-34-36-22(19)11-24(23)42-20-13-37(14-20)30(40)43-31(2,3)4/h9,11-12,16-18,20H,5-8,10,13-15H2,1-4H3,(H,34,36)(H,32,33,35)/t17-,18-/m0/s1. The molecule has 4 aromatic rings. The number of anilines is 2. The molecule has 1 aromatic carbocycles. The number of carbonyl (C=O) groups excluding carboxylic acids is 2. The Balaban J connectivity index is 1.12. The molecule has 232 valence electrons. The number of carbonyl (C=O) groups is 2. The third-order valence-electron chi connectivity index (χ3n) is 8.43. The van der Waals surface area contributed by atoms with E-state index in [4.69, 9.17) is 14.2 Å². The Morgan fingerprint density at radius 1 is 1.20 bits per heavy atom. The first-order chi connectivity index (χ1) is 21.1. The number of nitrogens with zero attached hydrogens (tertiary/aromatic N) is 5. The Kier molecular flexibility index (Phi) is 7.32. The maximum absolute atomic E-state index is 13.4. The van der Waals surface area contributed by atoms with E-state index in [1.165, 1.54) is 10.4 Å². The molecule has 2 saturated heterocycles. The predicted molar refractivity (Wildman–Crippen MR) is 167 cm³/mol. The molecule has 44 heavy (non-hydrogen) atoms. The van der Waals surface area contributed by atoms with Crippen LogP contribution >= 0.6 is 11.3 Å². The molecule has 2 amide bonds. The van der Waals surface area contributed by atoms with Gasteiger partial charge in [-0.2, -0.15) is 5.10 Å².